The van der Waals surface area contributed by atoms with Gasteiger partial charge in [-0.15, -0.1) is 0 Å². The van der Waals surface area contributed by atoms with E-state index < -0.39 is 11.4 Å². The summed E-state index contributed by atoms with van der Waals surface area (Å²) in [6, 6.07) is 4.15. The fraction of sp³-hybridized carbons (Fsp3) is 0.231. The lowest BCUT2D eigenvalue weighted by atomic mass is 10.1. The Hall–Kier alpha value is -1.69. The first kappa shape index (κ1) is 13.7. The average Bonchev–Trinajstić information content (AvgIpc) is 2.32. The van der Waals surface area contributed by atoms with Crippen LogP contribution in [-0.2, 0) is 6.42 Å². The third-order valence-corrected chi connectivity index (χ3v) is 3.09. The molecule has 1 aromatic carbocycles. The molecule has 0 bridgehead atoms. The Morgan fingerprint density at radius 3 is 2.74 bits per heavy atom. The second-order valence-electron chi connectivity index (χ2n) is 4.12. The van der Waals surface area contributed by atoms with Crippen LogP contribution in [0.25, 0.3) is 11.4 Å². The molecule has 0 spiro atoms. The van der Waals surface area contributed by atoms with Crippen molar-refractivity contribution in [1.29, 1.82) is 0 Å². The fourth-order valence-electron chi connectivity index (χ4n) is 1.79. The summed E-state index contributed by atoms with van der Waals surface area (Å²) in [5.41, 5.74) is 0.244. The van der Waals surface area contributed by atoms with Gasteiger partial charge in [0.25, 0.3) is 5.56 Å². The van der Waals surface area contributed by atoms with Gasteiger partial charge in [-0.05, 0) is 24.6 Å². The number of halogens is 2. The molecule has 2 N–H and O–H groups in total. The van der Waals surface area contributed by atoms with Gasteiger partial charge < -0.3 is 10.1 Å². The Morgan fingerprint density at radius 2 is 2.16 bits per heavy atom. The molecule has 100 valence electrons. The Bertz CT molecular complexity index is 650. The van der Waals surface area contributed by atoms with E-state index in [4.69, 9.17) is 0 Å². The first-order valence-electron chi connectivity index (χ1n) is 5.80. The molecular weight excluding hydrogens is 315 g/mol. The molecule has 0 aliphatic heterocycles. The lowest BCUT2D eigenvalue weighted by Crippen LogP contribution is -2.15. The number of benzene rings is 1. The normalized spacial score (nSPS) is 10.7. The molecule has 1 aromatic heterocycles. The van der Waals surface area contributed by atoms with Crippen LogP contribution in [0.1, 0.15) is 18.9 Å². The van der Waals surface area contributed by atoms with Crippen LogP contribution in [0.2, 0.25) is 0 Å². The molecule has 0 aliphatic carbocycles. The van der Waals surface area contributed by atoms with Crippen LogP contribution in [0.4, 0.5) is 4.39 Å². The first-order valence-corrected chi connectivity index (χ1v) is 6.59. The molecule has 0 amide bonds. The highest BCUT2D eigenvalue weighted by atomic mass is 79.9. The lowest BCUT2D eigenvalue weighted by molar-refractivity contribution is 0.443. The first-order chi connectivity index (χ1) is 9.01. The zero-order valence-corrected chi connectivity index (χ0v) is 11.8. The molecule has 6 heteroatoms. The standard InChI is InChI=1S/C13H12BrFN2O2/c1-2-3-10-12(18)16-11(17-13(10)19)7-4-8(14)6-9(15)5-7/h4-6H,2-3H2,1H3,(H2,16,17,18,19). The molecule has 0 aliphatic rings. The van der Waals surface area contributed by atoms with Crippen LogP contribution in [0.3, 0.4) is 0 Å². The third-order valence-electron chi connectivity index (χ3n) is 2.63. The minimum Gasteiger partial charge on any atom is -0.493 e. The molecule has 2 aromatic rings. The van der Waals surface area contributed by atoms with Crippen molar-refractivity contribution in [3.8, 4) is 17.3 Å². The van der Waals surface area contributed by atoms with E-state index in [2.05, 4.69) is 25.9 Å². The zero-order valence-electron chi connectivity index (χ0n) is 10.2. The summed E-state index contributed by atoms with van der Waals surface area (Å²) >= 11 is 3.16. The van der Waals surface area contributed by atoms with Crippen molar-refractivity contribution in [2.75, 3.05) is 0 Å². The average molecular weight is 327 g/mol. The number of aromatic amines is 1. The summed E-state index contributed by atoms with van der Waals surface area (Å²) in [6.45, 7) is 1.90. The van der Waals surface area contributed by atoms with Gasteiger partial charge in [-0.3, -0.25) is 4.79 Å². The number of hydrogen-bond acceptors (Lipinski definition) is 3. The van der Waals surface area contributed by atoms with Gasteiger partial charge in [0.2, 0.25) is 5.88 Å². The molecule has 2 rings (SSSR count). The fourth-order valence-corrected chi connectivity index (χ4v) is 2.25. The van der Waals surface area contributed by atoms with Crippen LogP contribution in [-0.4, -0.2) is 15.1 Å². The highest BCUT2D eigenvalue weighted by Crippen LogP contribution is 2.23. The maximum absolute atomic E-state index is 13.3. The highest BCUT2D eigenvalue weighted by molar-refractivity contribution is 9.10. The van der Waals surface area contributed by atoms with Crippen LogP contribution >= 0.6 is 15.9 Å². The molecular formula is C13H12BrFN2O2. The molecule has 0 fully saturated rings. The summed E-state index contributed by atoms with van der Waals surface area (Å²) in [6.07, 6.45) is 1.17. The summed E-state index contributed by atoms with van der Waals surface area (Å²) in [5, 5.41) is 9.77. The van der Waals surface area contributed by atoms with Crippen molar-refractivity contribution in [3.05, 3.63) is 44.4 Å². The smallest absolute Gasteiger partial charge is 0.258 e. The minimum atomic E-state index is -0.454. The van der Waals surface area contributed by atoms with E-state index in [-0.39, 0.29) is 17.3 Å². The van der Waals surface area contributed by atoms with E-state index in [0.29, 0.717) is 16.5 Å². The molecule has 0 atom stereocenters. The Balaban J connectivity index is 2.55. The molecule has 0 radical (unpaired) electrons. The van der Waals surface area contributed by atoms with E-state index >= 15 is 0 Å². The van der Waals surface area contributed by atoms with Gasteiger partial charge in [0.1, 0.15) is 11.6 Å². The van der Waals surface area contributed by atoms with Crippen molar-refractivity contribution in [2.45, 2.75) is 19.8 Å². The van der Waals surface area contributed by atoms with Crippen LogP contribution in [0, 0.1) is 5.82 Å². The SMILES string of the molecule is CCCc1c(O)nc(-c2cc(F)cc(Br)c2)[nH]c1=O. The second kappa shape index (κ2) is 5.52. The number of nitrogens with zero attached hydrogens (tertiary/aromatic N) is 1. The zero-order chi connectivity index (χ0) is 14.0. The van der Waals surface area contributed by atoms with Crippen LogP contribution in [0.5, 0.6) is 5.88 Å². The van der Waals surface area contributed by atoms with Gasteiger partial charge in [0.05, 0.1) is 5.56 Å². The van der Waals surface area contributed by atoms with Gasteiger partial charge in [0.15, 0.2) is 0 Å². The van der Waals surface area contributed by atoms with E-state index in [1.807, 2.05) is 6.92 Å². The third kappa shape index (κ3) is 3.01. The summed E-state index contributed by atoms with van der Waals surface area (Å²) in [7, 11) is 0. The minimum absolute atomic E-state index is 0.141. The Morgan fingerprint density at radius 1 is 1.42 bits per heavy atom. The Labute approximate surface area is 117 Å². The van der Waals surface area contributed by atoms with Crippen molar-refractivity contribution in [2.24, 2.45) is 0 Å². The molecule has 0 saturated carbocycles. The number of nitrogens with one attached hydrogen (secondary N) is 1. The quantitative estimate of drug-likeness (QED) is 0.911. The van der Waals surface area contributed by atoms with Gasteiger partial charge in [0, 0.05) is 10.0 Å². The van der Waals surface area contributed by atoms with Gasteiger partial charge in [-0.25, -0.2) is 4.39 Å². The topological polar surface area (TPSA) is 66.0 Å². The number of aromatic nitrogens is 2. The van der Waals surface area contributed by atoms with E-state index in [9.17, 15) is 14.3 Å². The number of H-pyrrole nitrogens is 1. The number of rotatable bonds is 3. The lowest BCUT2D eigenvalue weighted by Gasteiger charge is -2.06. The van der Waals surface area contributed by atoms with Crippen LogP contribution in [0.15, 0.2) is 27.5 Å². The summed E-state index contributed by atoms with van der Waals surface area (Å²) in [5.74, 6) is -0.618. The predicted octanol–water partition coefficient (Wildman–Crippen LogP) is 3.00. The summed E-state index contributed by atoms with van der Waals surface area (Å²) in [4.78, 5) is 18.3. The maximum Gasteiger partial charge on any atom is 0.258 e. The van der Waals surface area contributed by atoms with Gasteiger partial charge >= 0.3 is 0 Å². The van der Waals surface area contributed by atoms with E-state index in [0.717, 1.165) is 6.42 Å². The van der Waals surface area contributed by atoms with Crippen LogP contribution < -0.4 is 5.56 Å². The van der Waals surface area contributed by atoms with Gasteiger partial charge in [-0.1, -0.05) is 29.3 Å². The van der Waals surface area contributed by atoms with E-state index in [1.54, 1.807) is 6.07 Å². The monoisotopic (exact) mass is 326 g/mol. The molecule has 0 saturated heterocycles. The molecule has 4 nitrogen and oxygen atoms in total. The maximum atomic E-state index is 13.3. The number of aromatic hydroxyl groups is 1. The predicted molar refractivity (Wildman–Crippen MR) is 73.6 cm³/mol. The largest absolute Gasteiger partial charge is 0.493 e. The number of hydrogen-bond donors (Lipinski definition) is 2. The molecule has 1 heterocycles. The van der Waals surface area contributed by atoms with Crippen molar-refractivity contribution in [1.82, 2.24) is 9.97 Å². The molecule has 19 heavy (non-hydrogen) atoms. The van der Waals surface area contributed by atoms with Crippen molar-refractivity contribution < 1.29 is 9.50 Å². The molecule has 0 unspecified atom stereocenters. The van der Waals surface area contributed by atoms with E-state index in [1.165, 1.54) is 12.1 Å². The van der Waals surface area contributed by atoms with Crippen molar-refractivity contribution >= 4 is 15.9 Å². The van der Waals surface area contributed by atoms with Gasteiger partial charge in [-0.2, -0.15) is 4.98 Å². The second-order valence-corrected chi connectivity index (χ2v) is 5.04. The summed E-state index contributed by atoms with van der Waals surface area (Å²) < 4.78 is 13.8. The van der Waals surface area contributed by atoms with Crippen molar-refractivity contribution in [3.63, 3.8) is 0 Å². The highest BCUT2D eigenvalue weighted by Gasteiger charge is 2.12. The Kier molecular flexibility index (Phi) is 3.99.